The number of ether oxygens (including phenoxy) is 1. The number of aromatic nitrogens is 3. The summed E-state index contributed by atoms with van der Waals surface area (Å²) in [5.41, 5.74) is 2.55. The van der Waals surface area contributed by atoms with Crippen LogP contribution in [0.2, 0.25) is 5.15 Å². The van der Waals surface area contributed by atoms with Crippen LogP contribution in [0, 0.1) is 17.2 Å². The van der Waals surface area contributed by atoms with E-state index < -0.39 is 0 Å². The molecule has 0 bridgehead atoms. The molecule has 1 N–H and O–H groups in total. The number of rotatable bonds is 6. The minimum Gasteiger partial charge on any atom is -0.475 e. The van der Waals surface area contributed by atoms with Crippen molar-refractivity contribution in [2.45, 2.75) is 12.8 Å². The van der Waals surface area contributed by atoms with Gasteiger partial charge in [-0.2, -0.15) is 5.26 Å². The molecule has 3 aromatic rings. The van der Waals surface area contributed by atoms with E-state index in [2.05, 4.69) is 20.9 Å². The summed E-state index contributed by atoms with van der Waals surface area (Å²) in [6, 6.07) is 9.25. The van der Waals surface area contributed by atoms with E-state index >= 15 is 0 Å². The molecular formula is C21H22ClN5O2. The summed E-state index contributed by atoms with van der Waals surface area (Å²) < 4.78 is 7.87. The first kappa shape index (κ1) is 19.6. The number of aliphatic hydroxyl groups is 1. The van der Waals surface area contributed by atoms with Crippen molar-refractivity contribution in [3.05, 3.63) is 47.4 Å². The number of imidazole rings is 1. The second kappa shape index (κ2) is 8.78. The Morgan fingerprint density at radius 2 is 2.14 bits per heavy atom. The van der Waals surface area contributed by atoms with E-state index in [0.29, 0.717) is 47.0 Å². The van der Waals surface area contributed by atoms with Crippen molar-refractivity contribution < 1.29 is 9.84 Å². The number of benzene rings is 1. The van der Waals surface area contributed by atoms with Gasteiger partial charge in [0.25, 0.3) is 5.88 Å². The minimum atomic E-state index is 0.176. The number of β-amino-alcohol motifs (C(OH)–C–C–N with tert-alkyl or cyclic N) is 1. The molecule has 1 aromatic carbocycles. The van der Waals surface area contributed by atoms with Crippen LogP contribution >= 0.6 is 11.6 Å². The van der Waals surface area contributed by atoms with Crippen LogP contribution in [0.5, 0.6) is 5.88 Å². The first-order valence-electron chi connectivity index (χ1n) is 9.68. The van der Waals surface area contributed by atoms with Gasteiger partial charge in [-0.1, -0.05) is 23.7 Å². The van der Waals surface area contributed by atoms with Crippen LogP contribution in [-0.4, -0.2) is 57.2 Å². The highest BCUT2D eigenvalue weighted by Gasteiger charge is 2.22. The van der Waals surface area contributed by atoms with Crippen molar-refractivity contribution >= 4 is 17.2 Å². The third-order valence-corrected chi connectivity index (χ3v) is 5.58. The van der Waals surface area contributed by atoms with Crippen LogP contribution in [0.4, 0.5) is 0 Å². The van der Waals surface area contributed by atoms with Crippen LogP contribution in [0.1, 0.15) is 18.4 Å². The van der Waals surface area contributed by atoms with Crippen LogP contribution < -0.4 is 4.74 Å². The van der Waals surface area contributed by atoms with Gasteiger partial charge in [0, 0.05) is 37.0 Å². The van der Waals surface area contributed by atoms with E-state index in [0.717, 1.165) is 31.5 Å². The third kappa shape index (κ3) is 4.20. The van der Waals surface area contributed by atoms with Crippen molar-refractivity contribution in [2.24, 2.45) is 5.92 Å². The Hall–Kier alpha value is -2.66. The van der Waals surface area contributed by atoms with E-state index in [1.54, 1.807) is 28.9 Å². The summed E-state index contributed by atoms with van der Waals surface area (Å²) in [6.45, 7) is 3.33. The van der Waals surface area contributed by atoms with E-state index in [-0.39, 0.29) is 6.61 Å². The molecule has 0 saturated carbocycles. The maximum absolute atomic E-state index is 9.18. The van der Waals surface area contributed by atoms with Gasteiger partial charge in [-0.3, -0.25) is 4.40 Å². The number of hydrogen-bond donors (Lipinski definition) is 1. The number of piperidine rings is 1. The van der Waals surface area contributed by atoms with Gasteiger partial charge in [0.15, 0.2) is 0 Å². The van der Waals surface area contributed by atoms with Gasteiger partial charge >= 0.3 is 0 Å². The van der Waals surface area contributed by atoms with E-state index in [9.17, 15) is 5.11 Å². The predicted molar refractivity (Wildman–Crippen MR) is 110 cm³/mol. The topological polar surface area (TPSA) is 86.7 Å². The van der Waals surface area contributed by atoms with Crippen molar-refractivity contribution in [1.29, 1.82) is 5.26 Å². The highest BCUT2D eigenvalue weighted by molar-refractivity contribution is 6.32. The zero-order valence-corrected chi connectivity index (χ0v) is 16.7. The number of hydrogen-bond acceptors (Lipinski definition) is 6. The maximum atomic E-state index is 9.18. The molecule has 0 spiro atoms. The molecule has 0 aliphatic carbocycles. The fraction of sp³-hybridized carbons (Fsp3) is 0.381. The second-order valence-corrected chi connectivity index (χ2v) is 7.57. The number of fused-ring (bicyclic) bond motifs is 1. The summed E-state index contributed by atoms with van der Waals surface area (Å²) in [5, 5.41) is 18.6. The summed E-state index contributed by atoms with van der Waals surface area (Å²) >= 11 is 6.58. The van der Waals surface area contributed by atoms with Crippen LogP contribution in [0.25, 0.3) is 16.9 Å². The Morgan fingerprint density at radius 1 is 1.31 bits per heavy atom. The highest BCUT2D eigenvalue weighted by atomic mass is 35.5. The molecule has 1 saturated heterocycles. The molecule has 0 unspecified atom stereocenters. The van der Waals surface area contributed by atoms with Gasteiger partial charge in [-0.15, -0.1) is 0 Å². The van der Waals surface area contributed by atoms with Gasteiger partial charge in [0.05, 0.1) is 24.8 Å². The molecule has 150 valence electrons. The Bertz CT molecular complexity index is 1030. The molecule has 0 amide bonds. The average molecular weight is 412 g/mol. The number of aliphatic hydroxyl groups excluding tert-OH is 1. The van der Waals surface area contributed by atoms with Crippen molar-refractivity contribution in [3.8, 4) is 23.2 Å². The number of nitrogens with zero attached hydrogens (tertiary/aromatic N) is 5. The zero-order chi connectivity index (χ0) is 20.2. The Morgan fingerprint density at radius 3 is 2.90 bits per heavy atom. The van der Waals surface area contributed by atoms with Crippen LogP contribution in [0.3, 0.4) is 0 Å². The van der Waals surface area contributed by atoms with Gasteiger partial charge in [-0.25, -0.2) is 9.97 Å². The van der Waals surface area contributed by atoms with Crippen molar-refractivity contribution in [2.75, 3.05) is 32.8 Å². The first-order chi connectivity index (χ1) is 14.2. The Labute approximate surface area is 174 Å². The lowest BCUT2D eigenvalue weighted by molar-refractivity contribution is 0.110. The lowest BCUT2D eigenvalue weighted by Crippen LogP contribution is -2.39. The molecule has 2 aromatic heterocycles. The standard InChI is InChI=1S/C21H22ClN5O2/c22-19-18(17-5-3-15(12-23)4-6-17)25-21(20-24-7-9-27(19)20)29-14-16-2-1-8-26(13-16)10-11-28/h3-7,9,16,28H,1-2,8,10-11,13-14H2/t16-/m1/s1. The number of halogens is 1. The fourth-order valence-corrected chi connectivity index (χ4v) is 4.03. The van der Waals surface area contributed by atoms with Gasteiger partial charge in [0.1, 0.15) is 10.8 Å². The minimum absolute atomic E-state index is 0.176. The molecule has 29 heavy (non-hydrogen) atoms. The van der Waals surface area contributed by atoms with Crippen LogP contribution in [0.15, 0.2) is 36.7 Å². The van der Waals surface area contributed by atoms with E-state index in [1.807, 2.05) is 12.1 Å². The molecular weight excluding hydrogens is 390 g/mol. The zero-order valence-electron chi connectivity index (χ0n) is 16.0. The maximum Gasteiger partial charge on any atom is 0.259 e. The summed E-state index contributed by atoms with van der Waals surface area (Å²) in [6.07, 6.45) is 5.63. The van der Waals surface area contributed by atoms with Crippen molar-refractivity contribution in [3.63, 3.8) is 0 Å². The largest absolute Gasteiger partial charge is 0.475 e. The second-order valence-electron chi connectivity index (χ2n) is 7.21. The molecule has 0 radical (unpaired) electrons. The average Bonchev–Trinajstić information content (AvgIpc) is 3.25. The molecule has 7 nitrogen and oxygen atoms in total. The lowest BCUT2D eigenvalue weighted by Gasteiger charge is -2.31. The smallest absolute Gasteiger partial charge is 0.259 e. The van der Waals surface area contributed by atoms with Gasteiger partial charge in [-0.05, 0) is 31.5 Å². The Balaban J connectivity index is 1.59. The molecule has 1 atom stereocenters. The molecule has 1 aliphatic rings. The molecule has 4 rings (SSSR count). The molecule has 1 aliphatic heterocycles. The van der Waals surface area contributed by atoms with Crippen LogP contribution in [-0.2, 0) is 0 Å². The third-order valence-electron chi connectivity index (χ3n) is 5.21. The predicted octanol–water partition coefficient (Wildman–Crippen LogP) is 3.00. The Kier molecular flexibility index (Phi) is 5.95. The quantitative estimate of drug-likeness (QED) is 0.671. The summed E-state index contributed by atoms with van der Waals surface area (Å²) in [5.74, 6) is 0.819. The fourth-order valence-electron chi connectivity index (χ4n) is 3.74. The summed E-state index contributed by atoms with van der Waals surface area (Å²) in [4.78, 5) is 11.3. The lowest BCUT2D eigenvalue weighted by atomic mass is 9.99. The normalized spacial score (nSPS) is 17.3. The highest BCUT2D eigenvalue weighted by Crippen LogP contribution is 2.31. The SMILES string of the molecule is N#Cc1ccc(-c2nc(OC[C@@H]3CCCN(CCO)C3)c3nccn3c2Cl)cc1. The molecule has 8 heteroatoms. The van der Waals surface area contributed by atoms with Crippen molar-refractivity contribution in [1.82, 2.24) is 19.3 Å². The van der Waals surface area contributed by atoms with E-state index in [4.69, 9.17) is 21.6 Å². The van der Waals surface area contributed by atoms with E-state index in [1.165, 1.54) is 0 Å². The van der Waals surface area contributed by atoms with Gasteiger partial charge in [0.2, 0.25) is 5.65 Å². The molecule has 1 fully saturated rings. The van der Waals surface area contributed by atoms with Gasteiger partial charge < -0.3 is 14.7 Å². The first-order valence-corrected chi connectivity index (χ1v) is 10.1. The number of likely N-dealkylation sites (tertiary alicyclic amines) is 1. The number of nitriles is 1. The summed E-state index contributed by atoms with van der Waals surface area (Å²) in [7, 11) is 0. The molecule has 3 heterocycles. The monoisotopic (exact) mass is 411 g/mol.